The molecule has 2 N–H and O–H groups in total. The van der Waals surface area contributed by atoms with Crippen LogP contribution in [0.1, 0.15) is 25.5 Å². The summed E-state index contributed by atoms with van der Waals surface area (Å²) >= 11 is 3.30. The maximum atomic E-state index is 11.3. The van der Waals surface area contributed by atoms with Crippen molar-refractivity contribution in [1.82, 2.24) is 0 Å². The van der Waals surface area contributed by atoms with Gasteiger partial charge in [-0.2, -0.15) is 0 Å². The molecule has 1 unspecified atom stereocenters. The molecular weight excluding hydrogens is 274 g/mol. The molecule has 0 fully saturated rings. The van der Waals surface area contributed by atoms with E-state index in [1.54, 1.807) is 32.0 Å². The van der Waals surface area contributed by atoms with Gasteiger partial charge in [0, 0.05) is 10.0 Å². The number of rotatable bonds is 3. The molecule has 0 aliphatic rings. The van der Waals surface area contributed by atoms with Crippen LogP contribution in [0.15, 0.2) is 22.7 Å². The molecule has 1 aromatic carbocycles. The van der Waals surface area contributed by atoms with Crippen molar-refractivity contribution in [3.63, 3.8) is 0 Å². The largest absolute Gasteiger partial charge is 0.450 e. The number of halogens is 1. The number of amides is 1. The molecule has 0 aliphatic carbocycles. The minimum Gasteiger partial charge on any atom is -0.450 e. The van der Waals surface area contributed by atoms with Crippen LogP contribution in [0.25, 0.3) is 0 Å². The van der Waals surface area contributed by atoms with E-state index >= 15 is 0 Å². The molecule has 88 valence electrons. The van der Waals surface area contributed by atoms with E-state index in [0.29, 0.717) is 17.9 Å². The van der Waals surface area contributed by atoms with Crippen molar-refractivity contribution in [3.8, 4) is 0 Å². The number of aliphatic hydroxyl groups is 1. The number of carbonyl (C=O) groups is 1. The normalized spacial score (nSPS) is 12.0. The average molecular weight is 288 g/mol. The van der Waals surface area contributed by atoms with Crippen LogP contribution in [0, 0.1) is 0 Å². The topological polar surface area (TPSA) is 58.6 Å². The van der Waals surface area contributed by atoms with Crippen molar-refractivity contribution in [2.75, 3.05) is 11.9 Å². The van der Waals surface area contributed by atoms with Gasteiger partial charge in [-0.15, -0.1) is 0 Å². The van der Waals surface area contributed by atoms with Crippen LogP contribution >= 0.6 is 15.9 Å². The summed E-state index contributed by atoms with van der Waals surface area (Å²) in [6.45, 7) is 3.68. The van der Waals surface area contributed by atoms with E-state index in [4.69, 9.17) is 4.74 Å². The number of carbonyl (C=O) groups excluding carboxylic acids is 1. The third-order valence-corrected chi connectivity index (χ3v) is 2.47. The third kappa shape index (κ3) is 3.50. The van der Waals surface area contributed by atoms with Gasteiger partial charge in [0.2, 0.25) is 0 Å². The molecule has 0 saturated heterocycles. The predicted octanol–water partition coefficient (Wildman–Crippen LogP) is 3.07. The van der Waals surface area contributed by atoms with E-state index < -0.39 is 12.2 Å². The number of hydrogen-bond acceptors (Lipinski definition) is 3. The number of hydrogen-bond donors (Lipinski definition) is 2. The number of benzene rings is 1. The molecule has 1 amide bonds. The molecule has 0 radical (unpaired) electrons. The Kier molecular flexibility index (Phi) is 4.76. The number of nitrogens with one attached hydrogen (secondary N) is 1. The summed E-state index contributed by atoms with van der Waals surface area (Å²) in [6, 6.07) is 5.27. The van der Waals surface area contributed by atoms with Crippen molar-refractivity contribution in [2.45, 2.75) is 20.0 Å². The van der Waals surface area contributed by atoms with Crippen LogP contribution in [0.2, 0.25) is 0 Å². The monoisotopic (exact) mass is 287 g/mol. The molecule has 1 atom stereocenters. The van der Waals surface area contributed by atoms with Crippen molar-refractivity contribution < 1.29 is 14.6 Å². The zero-order chi connectivity index (χ0) is 12.1. The lowest BCUT2D eigenvalue weighted by molar-refractivity contribution is 0.167. The zero-order valence-corrected chi connectivity index (χ0v) is 10.7. The molecule has 0 spiro atoms. The quantitative estimate of drug-likeness (QED) is 0.898. The second-order valence-electron chi connectivity index (χ2n) is 3.25. The Bertz CT molecular complexity index is 379. The van der Waals surface area contributed by atoms with Gasteiger partial charge in [-0.1, -0.05) is 22.0 Å². The maximum Gasteiger partial charge on any atom is 0.411 e. The Morgan fingerprint density at radius 1 is 1.62 bits per heavy atom. The first-order valence-electron chi connectivity index (χ1n) is 4.96. The lowest BCUT2D eigenvalue weighted by Gasteiger charge is -2.13. The van der Waals surface area contributed by atoms with Crippen LogP contribution in [0.5, 0.6) is 0 Å². The molecule has 4 nitrogen and oxygen atoms in total. The molecule has 5 heteroatoms. The van der Waals surface area contributed by atoms with Crippen LogP contribution in [0.4, 0.5) is 10.5 Å². The minimum atomic E-state index is -0.648. The smallest absolute Gasteiger partial charge is 0.411 e. The van der Waals surface area contributed by atoms with Crippen molar-refractivity contribution in [3.05, 3.63) is 28.2 Å². The second kappa shape index (κ2) is 5.86. The summed E-state index contributed by atoms with van der Waals surface area (Å²) in [6.07, 6.45) is -1.17. The third-order valence-electron chi connectivity index (χ3n) is 1.98. The Balaban J connectivity index is 2.92. The Morgan fingerprint density at radius 3 is 2.88 bits per heavy atom. The summed E-state index contributed by atoms with van der Waals surface area (Å²) in [7, 11) is 0. The van der Waals surface area contributed by atoms with Gasteiger partial charge in [0.15, 0.2) is 0 Å². The van der Waals surface area contributed by atoms with E-state index in [0.717, 1.165) is 4.47 Å². The van der Waals surface area contributed by atoms with Crippen LogP contribution in [-0.2, 0) is 4.74 Å². The Morgan fingerprint density at radius 2 is 2.31 bits per heavy atom. The Hall–Kier alpha value is -1.07. The average Bonchev–Trinajstić information content (AvgIpc) is 2.17. The van der Waals surface area contributed by atoms with Gasteiger partial charge >= 0.3 is 6.09 Å². The molecule has 1 aromatic rings. The van der Waals surface area contributed by atoms with Crippen molar-refractivity contribution in [2.24, 2.45) is 0 Å². The fourth-order valence-electron chi connectivity index (χ4n) is 1.28. The fourth-order valence-corrected chi connectivity index (χ4v) is 1.64. The summed E-state index contributed by atoms with van der Waals surface area (Å²) < 4.78 is 5.60. The molecule has 0 heterocycles. The highest BCUT2D eigenvalue weighted by Gasteiger charge is 2.11. The first kappa shape index (κ1) is 13.0. The van der Waals surface area contributed by atoms with E-state index in [1.807, 2.05) is 0 Å². The second-order valence-corrected chi connectivity index (χ2v) is 4.17. The number of aliphatic hydroxyl groups excluding tert-OH is 1. The van der Waals surface area contributed by atoms with E-state index in [1.165, 1.54) is 0 Å². The fraction of sp³-hybridized carbons (Fsp3) is 0.364. The highest BCUT2D eigenvalue weighted by Crippen LogP contribution is 2.26. The van der Waals surface area contributed by atoms with Crippen molar-refractivity contribution in [1.29, 1.82) is 0 Å². The van der Waals surface area contributed by atoms with E-state index in [-0.39, 0.29) is 0 Å². The van der Waals surface area contributed by atoms with Gasteiger partial charge in [-0.25, -0.2) is 4.79 Å². The van der Waals surface area contributed by atoms with Gasteiger partial charge in [-0.3, -0.25) is 5.32 Å². The first-order valence-corrected chi connectivity index (χ1v) is 5.75. The zero-order valence-electron chi connectivity index (χ0n) is 9.16. The summed E-state index contributed by atoms with van der Waals surface area (Å²) in [4.78, 5) is 11.3. The standard InChI is InChI=1S/C11H14BrNO3/c1-3-16-11(15)13-10-6-8(12)4-5-9(10)7(2)14/h4-7,14H,3H2,1-2H3,(H,13,15). The molecular formula is C11H14BrNO3. The first-order chi connectivity index (χ1) is 7.54. The van der Waals surface area contributed by atoms with Gasteiger partial charge in [-0.05, 0) is 26.0 Å². The van der Waals surface area contributed by atoms with Gasteiger partial charge < -0.3 is 9.84 Å². The van der Waals surface area contributed by atoms with E-state index in [2.05, 4.69) is 21.2 Å². The lowest BCUT2D eigenvalue weighted by Crippen LogP contribution is -2.15. The van der Waals surface area contributed by atoms with E-state index in [9.17, 15) is 9.90 Å². The highest BCUT2D eigenvalue weighted by molar-refractivity contribution is 9.10. The maximum absolute atomic E-state index is 11.3. The number of ether oxygens (including phenoxy) is 1. The van der Waals surface area contributed by atoms with Crippen LogP contribution in [0.3, 0.4) is 0 Å². The Labute approximate surface area is 103 Å². The van der Waals surface area contributed by atoms with Gasteiger partial charge in [0.25, 0.3) is 0 Å². The molecule has 0 bridgehead atoms. The van der Waals surface area contributed by atoms with Crippen molar-refractivity contribution >= 4 is 27.7 Å². The SMILES string of the molecule is CCOC(=O)Nc1cc(Br)ccc1C(C)O. The van der Waals surface area contributed by atoms with Gasteiger partial charge in [0.05, 0.1) is 18.4 Å². The van der Waals surface area contributed by atoms with Crippen LogP contribution < -0.4 is 5.32 Å². The highest BCUT2D eigenvalue weighted by atomic mass is 79.9. The molecule has 1 rings (SSSR count). The summed E-state index contributed by atoms with van der Waals surface area (Å²) in [5, 5.41) is 12.1. The summed E-state index contributed by atoms with van der Waals surface area (Å²) in [5.41, 5.74) is 1.19. The number of anilines is 1. The molecule has 0 aromatic heterocycles. The predicted molar refractivity (Wildman–Crippen MR) is 65.4 cm³/mol. The minimum absolute atomic E-state index is 0.309. The van der Waals surface area contributed by atoms with Crippen LogP contribution in [-0.4, -0.2) is 17.8 Å². The van der Waals surface area contributed by atoms with Gasteiger partial charge in [0.1, 0.15) is 0 Å². The molecule has 0 aliphatic heterocycles. The molecule has 16 heavy (non-hydrogen) atoms. The molecule has 0 saturated carbocycles. The summed E-state index contributed by atoms with van der Waals surface area (Å²) in [5.74, 6) is 0. The lowest BCUT2D eigenvalue weighted by atomic mass is 10.1.